The van der Waals surface area contributed by atoms with E-state index in [0.29, 0.717) is 5.92 Å². The number of hydrogen-bond acceptors (Lipinski definition) is 0. The Balaban J connectivity index is 1.44. The van der Waals surface area contributed by atoms with Crippen molar-refractivity contribution in [1.29, 1.82) is 0 Å². The lowest BCUT2D eigenvalue weighted by Crippen LogP contribution is -2.01. The topological polar surface area (TPSA) is 0 Å². The van der Waals surface area contributed by atoms with Crippen LogP contribution in [0.4, 0.5) is 0 Å². The number of aryl methyl sites for hydroxylation is 1. The SMILES string of the molecule is C=C/C=C(\C=C/C)c1cc(-c2ccccc2)cc(-c2cc(CC)cc(C/C=C\C=C/C(C3=CC=CCC3)c3ccccc3)c2)c1. The van der Waals surface area contributed by atoms with Crippen molar-refractivity contribution < 1.29 is 0 Å². The van der Waals surface area contributed by atoms with Gasteiger partial charge in [-0.1, -0.05) is 165 Å². The van der Waals surface area contributed by atoms with Gasteiger partial charge in [0.2, 0.25) is 0 Å². The van der Waals surface area contributed by atoms with E-state index in [0.717, 1.165) is 31.3 Å². The monoisotopic (exact) mass is 584 g/mol. The molecule has 0 bridgehead atoms. The van der Waals surface area contributed by atoms with Crippen LogP contribution in [-0.2, 0) is 12.8 Å². The minimum atomic E-state index is 0.310. The molecule has 1 aliphatic rings. The second kappa shape index (κ2) is 16.2. The van der Waals surface area contributed by atoms with E-state index in [4.69, 9.17) is 0 Å². The summed E-state index contributed by atoms with van der Waals surface area (Å²) in [6, 6.07) is 35.5. The molecular formula is C45H44. The molecule has 0 aromatic heterocycles. The minimum absolute atomic E-state index is 0.310. The normalized spacial score (nSPS) is 14.4. The molecule has 0 aliphatic heterocycles. The standard InChI is InChI=1S/C45H44/c1-4-19-37(20-5-2)42-32-43(38-22-12-8-13-23-38)34-44(33-42)41-30-35(6-3)29-36(31-41)21-11-7-18-28-45(39-24-14-9-15-25-39)40-26-16-10-17-27-40/h4-5,7-16,18-20,22-26,28-34,45H,1,6,17,21,27H2,2-3H3/b11-7-,20-5-,28-18-,37-19+. The number of hydrogen-bond donors (Lipinski definition) is 0. The van der Waals surface area contributed by atoms with Crippen LogP contribution in [0.25, 0.3) is 27.8 Å². The van der Waals surface area contributed by atoms with Crippen molar-refractivity contribution >= 4 is 5.57 Å². The third-order valence-corrected chi connectivity index (χ3v) is 8.32. The van der Waals surface area contributed by atoms with Gasteiger partial charge in [0, 0.05) is 5.92 Å². The quantitative estimate of drug-likeness (QED) is 0.145. The highest BCUT2D eigenvalue weighted by molar-refractivity contribution is 5.83. The lowest BCUT2D eigenvalue weighted by molar-refractivity contribution is 0.851. The second-order valence-corrected chi connectivity index (χ2v) is 11.5. The van der Waals surface area contributed by atoms with Gasteiger partial charge in [0.25, 0.3) is 0 Å². The Bertz CT molecular complexity index is 1750. The first-order chi connectivity index (χ1) is 22.2. The van der Waals surface area contributed by atoms with Gasteiger partial charge >= 0.3 is 0 Å². The van der Waals surface area contributed by atoms with Crippen molar-refractivity contribution in [3.8, 4) is 22.3 Å². The van der Waals surface area contributed by atoms with Crippen LogP contribution in [0.1, 0.15) is 54.9 Å². The molecule has 1 unspecified atom stereocenters. The van der Waals surface area contributed by atoms with Gasteiger partial charge < -0.3 is 0 Å². The van der Waals surface area contributed by atoms with E-state index < -0.39 is 0 Å². The van der Waals surface area contributed by atoms with Gasteiger partial charge in [-0.05, 0) is 101 Å². The molecule has 1 aliphatic carbocycles. The van der Waals surface area contributed by atoms with Gasteiger partial charge in [0.15, 0.2) is 0 Å². The van der Waals surface area contributed by atoms with E-state index in [1.807, 2.05) is 6.08 Å². The van der Waals surface area contributed by atoms with E-state index >= 15 is 0 Å². The summed E-state index contributed by atoms with van der Waals surface area (Å²) in [6.45, 7) is 8.27. The minimum Gasteiger partial charge on any atom is -0.0990 e. The molecule has 0 spiro atoms. The lowest BCUT2D eigenvalue weighted by Gasteiger charge is -2.19. The van der Waals surface area contributed by atoms with Gasteiger partial charge in [-0.3, -0.25) is 0 Å². The van der Waals surface area contributed by atoms with Crippen molar-refractivity contribution in [1.82, 2.24) is 0 Å². The largest absolute Gasteiger partial charge is 0.0990 e. The maximum absolute atomic E-state index is 3.97. The molecule has 4 aromatic carbocycles. The van der Waals surface area contributed by atoms with E-state index in [9.17, 15) is 0 Å². The maximum Gasteiger partial charge on any atom is 0.0234 e. The van der Waals surface area contributed by atoms with Gasteiger partial charge in [0.1, 0.15) is 0 Å². The predicted octanol–water partition coefficient (Wildman–Crippen LogP) is 12.4. The van der Waals surface area contributed by atoms with Crippen LogP contribution in [0.2, 0.25) is 0 Å². The van der Waals surface area contributed by atoms with Crippen molar-refractivity contribution in [3.05, 3.63) is 198 Å². The average Bonchev–Trinajstić information content (AvgIpc) is 3.10. The van der Waals surface area contributed by atoms with Gasteiger partial charge in [-0.25, -0.2) is 0 Å². The molecule has 1 atom stereocenters. The summed E-state index contributed by atoms with van der Waals surface area (Å²) >= 11 is 0. The summed E-state index contributed by atoms with van der Waals surface area (Å²) in [7, 11) is 0. The van der Waals surface area contributed by atoms with Gasteiger partial charge in [0.05, 0.1) is 0 Å². The number of allylic oxidation sites excluding steroid dienone is 13. The molecule has 0 radical (unpaired) electrons. The molecule has 45 heavy (non-hydrogen) atoms. The Kier molecular flexibility index (Phi) is 11.3. The summed E-state index contributed by atoms with van der Waals surface area (Å²) in [6.07, 6.45) is 28.1. The molecule has 224 valence electrons. The molecule has 0 fully saturated rings. The second-order valence-electron chi connectivity index (χ2n) is 11.5. The highest BCUT2D eigenvalue weighted by Gasteiger charge is 2.14. The highest BCUT2D eigenvalue weighted by atomic mass is 14.2. The molecule has 5 rings (SSSR count). The number of rotatable bonds is 12. The van der Waals surface area contributed by atoms with Crippen molar-refractivity contribution in [3.63, 3.8) is 0 Å². The first kappa shape index (κ1) is 31.5. The Labute approximate surface area is 270 Å². The smallest absolute Gasteiger partial charge is 0.0234 e. The molecule has 0 nitrogen and oxygen atoms in total. The zero-order valence-electron chi connectivity index (χ0n) is 26.7. The fourth-order valence-electron chi connectivity index (χ4n) is 6.01. The molecule has 0 saturated heterocycles. The molecule has 0 amide bonds. The van der Waals surface area contributed by atoms with Crippen molar-refractivity contribution in [2.24, 2.45) is 0 Å². The fraction of sp³-hybridized carbons (Fsp3) is 0.156. The Morgan fingerprint density at radius 2 is 1.51 bits per heavy atom. The fourth-order valence-corrected chi connectivity index (χ4v) is 6.01. The van der Waals surface area contributed by atoms with Crippen LogP contribution < -0.4 is 0 Å². The average molecular weight is 585 g/mol. The summed E-state index contributed by atoms with van der Waals surface area (Å²) < 4.78 is 0. The van der Waals surface area contributed by atoms with E-state index in [-0.39, 0.29) is 0 Å². The zero-order valence-corrected chi connectivity index (χ0v) is 26.7. The molecule has 0 N–H and O–H groups in total. The molecule has 0 heteroatoms. The predicted molar refractivity (Wildman–Crippen MR) is 197 cm³/mol. The van der Waals surface area contributed by atoms with Crippen molar-refractivity contribution in [2.45, 2.75) is 45.4 Å². The molecular weight excluding hydrogens is 540 g/mol. The zero-order chi connectivity index (χ0) is 31.3. The number of benzene rings is 4. The molecule has 0 saturated carbocycles. The van der Waals surface area contributed by atoms with Gasteiger partial charge in [-0.2, -0.15) is 0 Å². The van der Waals surface area contributed by atoms with Crippen molar-refractivity contribution in [2.75, 3.05) is 0 Å². The third-order valence-electron chi connectivity index (χ3n) is 8.32. The van der Waals surface area contributed by atoms with E-state index in [2.05, 4.69) is 178 Å². The lowest BCUT2D eigenvalue weighted by atomic mass is 9.86. The van der Waals surface area contributed by atoms with E-state index in [1.54, 1.807) is 0 Å². The molecule has 4 aromatic rings. The highest BCUT2D eigenvalue weighted by Crippen LogP contribution is 2.33. The first-order valence-corrected chi connectivity index (χ1v) is 16.2. The first-order valence-electron chi connectivity index (χ1n) is 16.2. The van der Waals surface area contributed by atoms with Crippen LogP contribution in [0, 0.1) is 0 Å². The Hall–Kier alpha value is -4.94. The van der Waals surface area contributed by atoms with Crippen LogP contribution >= 0.6 is 0 Å². The summed E-state index contributed by atoms with van der Waals surface area (Å²) in [5.74, 6) is 0.310. The van der Waals surface area contributed by atoms with Gasteiger partial charge in [-0.15, -0.1) is 0 Å². The van der Waals surface area contributed by atoms with Crippen LogP contribution in [0.5, 0.6) is 0 Å². The maximum atomic E-state index is 3.97. The summed E-state index contributed by atoms with van der Waals surface area (Å²) in [4.78, 5) is 0. The van der Waals surface area contributed by atoms with Crippen LogP contribution in [-0.4, -0.2) is 0 Å². The Morgan fingerprint density at radius 1 is 0.800 bits per heavy atom. The van der Waals surface area contributed by atoms with E-state index in [1.165, 1.54) is 50.1 Å². The van der Waals surface area contributed by atoms with Crippen LogP contribution in [0.3, 0.4) is 0 Å². The summed E-state index contributed by atoms with van der Waals surface area (Å²) in [5, 5.41) is 0. The third kappa shape index (κ3) is 8.58. The Morgan fingerprint density at radius 3 is 2.20 bits per heavy atom. The summed E-state index contributed by atoms with van der Waals surface area (Å²) in [5.41, 5.74) is 12.8. The molecule has 0 heterocycles. The van der Waals surface area contributed by atoms with Crippen LogP contribution in [0.15, 0.2) is 176 Å².